The van der Waals surface area contributed by atoms with Gasteiger partial charge in [-0.25, -0.2) is 0 Å². The fraction of sp³-hybridized carbons (Fsp3) is 0.857. The van der Waals surface area contributed by atoms with Crippen LogP contribution in [-0.2, 0) is 9.59 Å². The van der Waals surface area contributed by atoms with Gasteiger partial charge in [-0.2, -0.15) is 0 Å². The number of carbonyl (C=O) groups is 2. The van der Waals surface area contributed by atoms with Crippen LogP contribution in [0.2, 0.25) is 0 Å². The maximum absolute atomic E-state index is 12.3. The lowest BCUT2D eigenvalue weighted by molar-refractivity contribution is -0.130. The van der Waals surface area contributed by atoms with Gasteiger partial charge < -0.3 is 21.0 Å². The van der Waals surface area contributed by atoms with E-state index in [4.69, 9.17) is 5.73 Å². The maximum atomic E-state index is 12.3. The molecule has 0 aromatic carbocycles. The van der Waals surface area contributed by atoms with Crippen molar-refractivity contribution in [2.45, 2.75) is 76.0 Å². The Hall–Kier alpha value is -0.940. The number of nitrogens with one attached hydrogen (secondary N) is 1. The Labute approximate surface area is 114 Å². The van der Waals surface area contributed by atoms with Crippen molar-refractivity contribution in [3.8, 4) is 0 Å². The Morgan fingerprint density at radius 3 is 2.58 bits per heavy atom. The minimum Gasteiger partial charge on any atom is -0.383 e. The van der Waals surface area contributed by atoms with Gasteiger partial charge in [0.05, 0.1) is 11.6 Å². The van der Waals surface area contributed by atoms with Gasteiger partial charge in [-0.1, -0.05) is 39.0 Å². The lowest BCUT2D eigenvalue weighted by Crippen LogP contribution is -2.58. The van der Waals surface area contributed by atoms with Gasteiger partial charge in [0.1, 0.15) is 6.10 Å². The van der Waals surface area contributed by atoms with E-state index in [9.17, 15) is 14.7 Å². The van der Waals surface area contributed by atoms with E-state index in [1.165, 1.54) is 0 Å². The van der Waals surface area contributed by atoms with Crippen LogP contribution in [0.4, 0.5) is 0 Å². The van der Waals surface area contributed by atoms with E-state index in [-0.39, 0.29) is 5.91 Å². The summed E-state index contributed by atoms with van der Waals surface area (Å²) in [5.41, 5.74) is 5.31. The number of aliphatic hydroxyl groups excluding tert-OH is 1. The summed E-state index contributed by atoms with van der Waals surface area (Å²) in [5.74, 6) is -0.228. The number of aldehydes is 1. The first-order valence-electron chi connectivity index (χ1n) is 7.26. The highest BCUT2D eigenvalue weighted by Gasteiger charge is 2.37. The molecule has 1 aliphatic rings. The summed E-state index contributed by atoms with van der Waals surface area (Å²) < 4.78 is 0. The van der Waals surface area contributed by atoms with Crippen molar-refractivity contribution in [3.63, 3.8) is 0 Å². The molecule has 5 nitrogen and oxygen atoms in total. The number of amides is 1. The standard InChI is InChI=1S/C14H26N2O3/c1-2-3-7-11(12(18)10-17)16-13(19)14(15)8-5-4-6-9-14/h10-12,18H,2-9,15H2,1H3,(H,16,19)/t11-,12-/m0/s1. The second-order valence-corrected chi connectivity index (χ2v) is 5.57. The first-order valence-corrected chi connectivity index (χ1v) is 7.26. The summed E-state index contributed by atoms with van der Waals surface area (Å²) in [7, 11) is 0. The van der Waals surface area contributed by atoms with Crippen LogP contribution in [0.25, 0.3) is 0 Å². The van der Waals surface area contributed by atoms with Crippen molar-refractivity contribution < 1.29 is 14.7 Å². The SMILES string of the molecule is CCCC[C@H](NC(=O)C1(N)CCCCC1)[C@@H](O)C=O. The molecular formula is C14H26N2O3. The van der Waals surface area contributed by atoms with Crippen LogP contribution >= 0.6 is 0 Å². The van der Waals surface area contributed by atoms with Crippen molar-refractivity contribution in [2.24, 2.45) is 5.73 Å². The fourth-order valence-corrected chi connectivity index (χ4v) is 2.57. The Balaban J connectivity index is 2.61. The fourth-order valence-electron chi connectivity index (χ4n) is 2.57. The molecule has 1 aliphatic carbocycles. The highest BCUT2D eigenvalue weighted by atomic mass is 16.3. The summed E-state index contributed by atoms with van der Waals surface area (Å²) in [5, 5.41) is 12.4. The third-order valence-electron chi connectivity index (χ3n) is 3.93. The van der Waals surface area contributed by atoms with Gasteiger partial charge in [-0.3, -0.25) is 4.79 Å². The highest BCUT2D eigenvalue weighted by Crippen LogP contribution is 2.26. The van der Waals surface area contributed by atoms with Gasteiger partial charge in [0.2, 0.25) is 5.91 Å². The van der Waals surface area contributed by atoms with E-state index in [2.05, 4.69) is 5.32 Å². The lowest BCUT2D eigenvalue weighted by atomic mass is 9.81. The van der Waals surface area contributed by atoms with Crippen molar-refractivity contribution in [2.75, 3.05) is 0 Å². The van der Waals surface area contributed by atoms with Crippen LogP contribution in [0.15, 0.2) is 0 Å². The number of carbonyl (C=O) groups excluding carboxylic acids is 2. The molecule has 1 saturated carbocycles. The topological polar surface area (TPSA) is 92.4 Å². The summed E-state index contributed by atoms with van der Waals surface area (Å²) in [6.07, 6.45) is 6.11. The Morgan fingerprint density at radius 1 is 1.42 bits per heavy atom. The average Bonchev–Trinajstić information content (AvgIpc) is 2.43. The molecule has 0 bridgehead atoms. The van der Waals surface area contributed by atoms with Crippen molar-refractivity contribution in [3.05, 3.63) is 0 Å². The molecule has 5 heteroatoms. The normalized spacial score (nSPS) is 21.4. The molecular weight excluding hydrogens is 244 g/mol. The second kappa shape index (κ2) is 7.60. The summed E-state index contributed by atoms with van der Waals surface area (Å²) >= 11 is 0. The summed E-state index contributed by atoms with van der Waals surface area (Å²) in [6, 6.07) is -0.521. The number of aliphatic hydroxyl groups is 1. The van der Waals surface area contributed by atoms with E-state index in [1.807, 2.05) is 6.92 Å². The van der Waals surface area contributed by atoms with Crippen LogP contribution in [-0.4, -0.2) is 35.0 Å². The molecule has 2 atom stereocenters. The highest BCUT2D eigenvalue weighted by molar-refractivity contribution is 5.86. The van der Waals surface area contributed by atoms with E-state index < -0.39 is 17.7 Å². The number of rotatable bonds is 7. The third kappa shape index (κ3) is 4.58. The Bertz CT molecular complexity index is 301. The van der Waals surface area contributed by atoms with Gasteiger partial charge >= 0.3 is 0 Å². The lowest BCUT2D eigenvalue weighted by Gasteiger charge is -2.34. The van der Waals surface area contributed by atoms with Crippen LogP contribution in [0.1, 0.15) is 58.3 Å². The molecule has 0 aromatic rings. The minimum absolute atomic E-state index is 0.228. The van der Waals surface area contributed by atoms with E-state index in [0.29, 0.717) is 25.5 Å². The molecule has 0 saturated heterocycles. The first kappa shape index (κ1) is 16.1. The Kier molecular flexibility index (Phi) is 6.45. The molecule has 19 heavy (non-hydrogen) atoms. The summed E-state index contributed by atoms with van der Waals surface area (Å²) in [6.45, 7) is 2.03. The second-order valence-electron chi connectivity index (χ2n) is 5.57. The van der Waals surface area contributed by atoms with Gasteiger partial charge in [0.25, 0.3) is 0 Å². The van der Waals surface area contributed by atoms with E-state index >= 15 is 0 Å². The van der Waals surface area contributed by atoms with Crippen molar-refractivity contribution in [1.29, 1.82) is 0 Å². The molecule has 0 radical (unpaired) electrons. The molecule has 110 valence electrons. The molecule has 0 aliphatic heterocycles. The van der Waals surface area contributed by atoms with Crippen LogP contribution in [0, 0.1) is 0 Å². The number of hydrogen-bond acceptors (Lipinski definition) is 4. The zero-order chi connectivity index (χ0) is 14.3. The van der Waals surface area contributed by atoms with Gasteiger partial charge in [0, 0.05) is 0 Å². The Morgan fingerprint density at radius 2 is 2.05 bits per heavy atom. The minimum atomic E-state index is -1.15. The van der Waals surface area contributed by atoms with E-state index in [0.717, 1.165) is 32.1 Å². The predicted molar refractivity (Wildman–Crippen MR) is 73.5 cm³/mol. The van der Waals surface area contributed by atoms with Gasteiger partial charge in [-0.05, 0) is 19.3 Å². The molecule has 1 rings (SSSR count). The largest absolute Gasteiger partial charge is 0.383 e. The van der Waals surface area contributed by atoms with Crippen molar-refractivity contribution in [1.82, 2.24) is 5.32 Å². The van der Waals surface area contributed by atoms with Crippen LogP contribution in [0.3, 0.4) is 0 Å². The quantitative estimate of drug-likeness (QED) is 0.599. The van der Waals surface area contributed by atoms with Gasteiger partial charge in [0.15, 0.2) is 6.29 Å². The summed E-state index contributed by atoms with van der Waals surface area (Å²) in [4.78, 5) is 23.0. The molecule has 1 amide bonds. The van der Waals surface area contributed by atoms with Crippen LogP contribution < -0.4 is 11.1 Å². The molecule has 1 fully saturated rings. The third-order valence-corrected chi connectivity index (χ3v) is 3.93. The number of nitrogens with two attached hydrogens (primary N) is 1. The molecule has 0 aromatic heterocycles. The van der Waals surface area contributed by atoms with Crippen molar-refractivity contribution >= 4 is 12.2 Å². The number of hydrogen-bond donors (Lipinski definition) is 3. The monoisotopic (exact) mass is 270 g/mol. The molecule has 0 spiro atoms. The van der Waals surface area contributed by atoms with Crippen LogP contribution in [0.5, 0.6) is 0 Å². The molecule has 4 N–H and O–H groups in total. The smallest absolute Gasteiger partial charge is 0.240 e. The predicted octanol–water partition coefficient (Wildman–Crippen LogP) is 0.883. The van der Waals surface area contributed by atoms with E-state index in [1.54, 1.807) is 0 Å². The zero-order valence-corrected chi connectivity index (χ0v) is 11.7. The first-order chi connectivity index (χ1) is 9.03. The molecule has 0 heterocycles. The average molecular weight is 270 g/mol. The number of unbranched alkanes of at least 4 members (excludes halogenated alkanes) is 1. The van der Waals surface area contributed by atoms with Gasteiger partial charge in [-0.15, -0.1) is 0 Å². The maximum Gasteiger partial charge on any atom is 0.240 e. The zero-order valence-electron chi connectivity index (χ0n) is 11.7. The molecule has 0 unspecified atom stereocenters.